The number of rotatable bonds is 7. The Bertz CT molecular complexity index is 1280. The highest BCUT2D eigenvalue weighted by atomic mass is 16.4. The number of aryl methyl sites for hydroxylation is 3. The molecule has 0 radical (unpaired) electrons. The second-order valence-corrected chi connectivity index (χ2v) is 7.66. The van der Waals surface area contributed by atoms with Crippen LogP contribution in [0, 0.1) is 6.92 Å². The number of anilines is 1. The number of carboxylic acid groups (broad SMARTS) is 1. The molecule has 8 heteroatoms. The van der Waals surface area contributed by atoms with Gasteiger partial charge in [-0.1, -0.05) is 18.2 Å². The standard InChI is InChI=1S/C24H23N5O3/c1-16-3-6-19-7-4-18(13-20(19)26-16)14-29(21-15-28(2)27-23(21)24(31)32)22(30)8-5-17-9-11-25-12-10-17/h3-4,6-7,9-13,15H,5,8,14H2,1-2H3,(H,31,32). The Morgan fingerprint density at radius 2 is 1.81 bits per heavy atom. The van der Waals surface area contributed by atoms with Crippen LogP contribution in [0.2, 0.25) is 0 Å². The fourth-order valence-corrected chi connectivity index (χ4v) is 3.61. The van der Waals surface area contributed by atoms with Crippen LogP contribution >= 0.6 is 0 Å². The summed E-state index contributed by atoms with van der Waals surface area (Å²) in [7, 11) is 1.64. The third-order valence-corrected chi connectivity index (χ3v) is 5.22. The summed E-state index contributed by atoms with van der Waals surface area (Å²) in [6.45, 7) is 2.14. The lowest BCUT2D eigenvalue weighted by Crippen LogP contribution is -2.31. The van der Waals surface area contributed by atoms with E-state index in [0.29, 0.717) is 6.42 Å². The van der Waals surface area contributed by atoms with Crippen molar-refractivity contribution in [2.24, 2.45) is 7.05 Å². The molecule has 0 fully saturated rings. The number of hydrogen-bond donors (Lipinski definition) is 1. The molecule has 0 spiro atoms. The summed E-state index contributed by atoms with van der Waals surface area (Å²) < 4.78 is 1.41. The quantitative estimate of drug-likeness (QED) is 0.482. The van der Waals surface area contributed by atoms with Gasteiger partial charge in [0.05, 0.1) is 17.7 Å². The van der Waals surface area contributed by atoms with Crippen molar-refractivity contribution < 1.29 is 14.7 Å². The first kappa shape index (κ1) is 21.2. The predicted octanol–water partition coefficient (Wildman–Crippen LogP) is 3.54. The van der Waals surface area contributed by atoms with E-state index in [4.69, 9.17) is 0 Å². The highest BCUT2D eigenvalue weighted by Crippen LogP contribution is 2.24. The van der Waals surface area contributed by atoms with Gasteiger partial charge in [0, 0.05) is 43.1 Å². The van der Waals surface area contributed by atoms with Crippen LogP contribution in [-0.4, -0.2) is 36.7 Å². The molecule has 1 aromatic carbocycles. The lowest BCUT2D eigenvalue weighted by molar-refractivity contribution is -0.118. The lowest BCUT2D eigenvalue weighted by atomic mass is 10.1. The molecule has 8 nitrogen and oxygen atoms in total. The molecule has 1 N–H and O–H groups in total. The molecule has 1 amide bonds. The zero-order valence-electron chi connectivity index (χ0n) is 17.9. The average Bonchev–Trinajstić information content (AvgIpc) is 3.18. The van der Waals surface area contributed by atoms with Gasteiger partial charge in [-0.05, 0) is 48.7 Å². The van der Waals surface area contributed by atoms with E-state index in [9.17, 15) is 14.7 Å². The van der Waals surface area contributed by atoms with E-state index in [-0.39, 0.29) is 30.3 Å². The summed E-state index contributed by atoms with van der Waals surface area (Å²) in [6.07, 6.45) is 5.69. The zero-order valence-corrected chi connectivity index (χ0v) is 17.9. The second-order valence-electron chi connectivity index (χ2n) is 7.66. The third kappa shape index (κ3) is 4.64. The van der Waals surface area contributed by atoms with Crippen molar-refractivity contribution in [2.45, 2.75) is 26.3 Å². The highest BCUT2D eigenvalue weighted by molar-refractivity contribution is 6.00. The van der Waals surface area contributed by atoms with Crippen molar-refractivity contribution in [3.05, 3.63) is 83.6 Å². The second kappa shape index (κ2) is 8.97. The van der Waals surface area contributed by atoms with E-state index in [1.807, 2.05) is 49.4 Å². The van der Waals surface area contributed by atoms with Gasteiger partial charge in [-0.25, -0.2) is 4.79 Å². The molecule has 0 saturated carbocycles. The Morgan fingerprint density at radius 1 is 1.06 bits per heavy atom. The van der Waals surface area contributed by atoms with Crippen LogP contribution in [0.5, 0.6) is 0 Å². The summed E-state index contributed by atoms with van der Waals surface area (Å²) >= 11 is 0. The Labute approximate surface area is 185 Å². The number of fused-ring (bicyclic) bond motifs is 1. The number of aromatic nitrogens is 4. The first-order valence-corrected chi connectivity index (χ1v) is 10.2. The minimum atomic E-state index is -1.18. The van der Waals surface area contributed by atoms with E-state index >= 15 is 0 Å². The van der Waals surface area contributed by atoms with Gasteiger partial charge < -0.3 is 10.0 Å². The number of aromatic carboxylic acids is 1. The smallest absolute Gasteiger partial charge is 0.358 e. The number of carboxylic acids is 1. The predicted molar refractivity (Wildman–Crippen MR) is 120 cm³/mol. The molecule has 0 aliphatic carbocycles. The Morgan fingerprint density at radius 3 is 2.56 bits per heavy atom. The first-order chi connectivity index (χ1) is 15.4. The molecule has 0 aliphatic heterocycles. The summed E-state index contributed by atoms with van der Waals surface area (Å²) in [5, 5.41) is 14.7. The molecule has 0 saturated heterocycles. The van der Waals surface area contributed by atoms with Gasteiger partial charge in [0.25, 0.3) is 0 Å². The van der Waals surface area contributed by atoms with Crippen molar-refractivity contribution in [3.8, 4) is 0 Å². The van der Waals surface area contributed by atoms with Crippen LogP contribution in [-0.2, 0) is 24.8 Å². The maximum atomic E-state index is 13.3. The van der Waals surface area contributed by atoms with Crippen LogP contribution in [0.4, 0.5) is 5.69 Å². The molecular weight excluding hydrogens is 406 g/mol. The first-order valence-electron chi connectivity index (χ1n) is 10.2. The monoisotopic (exact) mass is 429 g/mol. The van der Waals surface area contributed by atoms with Gasteiger partial charge in [-0.2, -0.15) is 5.10 Å². The normalized spacial score (nSPS) is 10.9. The number of pyridine rings is 2. The van der Waals surface area contributed by atoms with Gasteiger partial charge >= 0.3 is 5.97 Å². The number of carbonyl (C=O) groups excluding carboxylic acids is 1. The van der Waals surface area contributed by atoms with Gasteiger partial charge in [0.2, 0.25) is 5.91 Å². The molecule has 32 heavy (non-hydrogen) atoms. The number of carbonyl (C=O) groups is 2. The maximum Gasteiger partial charge on any atom is 0.358 e. The van der Waals surface area contributed by atoms with Crippen LogP contribution in [0.1, 0.15) is 33.7 Å². The summed E-state index contributed by atoms with van der Waals surface area (Å²) in [5.41, 5.74) is 3.70. The van der Waals surface area contributed by atoms with E-state index in [2.05, 4.69) is 15.1 Å². The zero-order chi connectivity index (χ0) is 22.7. The van der Waals surface area contributed by atoms with Crippen LogP contribution in [0.3, 0.4) is 0 Å². The number of amides is 1. The molecule has 162 valence electrons. The summed E-state index contributed by atoms with van der Waals surface area (Å²) in [6, 6.07) is 13.5. The highest BCUT2D eigenvalue weighted by Gasteiger charge is 2.25. The van der Waals surface area contributed by atoms with Gasteiger partial charge in [-0.3, -0.25) is 19.4 Å². The van der Waals surface area contributed by atoms with Crippen molar-refractivity contribution in [2.75, 3.05) is 4.90 Å². The Hall–Kier alpha value is -4.07. The van der Waals surface area contributed by atoms with Crippen molar-refractivity contribution >= 4 is 28.5 Å². The van der Waals surface area contributed by atoms with E-state index < -0.39 is 5.97 Å². The Balaban J connectivity index is 1.67. The van der Waals surface area contributed by atoms with Crippen molar-refractivity contribution in [1.82, 2.24) is 19.7 Å². The minimum Gasteiger partial charge on any atom is -0.476 e. The van der Waals surface area contributed by atoms with E-state index in [0.717, 1.165) is 27.7 Å². The molecule has 3 aromatic heterocycles. The Kier molecular flexibility index (Phi) is 5.93. The molecular formula is C24H23N5O3. The van der Waals surface area contributed by atoms with E-state index in [1.165, 1.54) is 9.58 Å². The van der Waals surface area contributed by atoms with Gasteiger partial charge in [0.15, 0.2) is 5.69 Å². The average molecular weight is 429 g/mol. The number of benzene rings is 1. The molecule has 0 atom stereocenters. The minimum absolute atomic E-state index is 0.153. The van der Waals surface area contributed by atoms with Crippen LogP contribution < -0.4 is 4.90 Å². The topological polar surface area (TPSA) is 101 Å². The molecule has 3 heterocycles. The third-order valence-electron chi connectivity index (χ3n) is 5.22. The summed E-state index contributed by atoms with van der Waals surface area (Å²) in [4.78, 5) is 35.1. The van der Waals surface area contributed by atoms with E-state index in [1.54, 1.807) is 25.6 Å². The van der Waals surface area contributed by atoms with Crippen molar-refractivity contribution in [1.29, 1.82) is 0 Å². The lowest BCUT2D eigenvalue weighted by Gasteiger charge is -2.22. The van der Waals surface area contributed by atoms with Gasteiger partial charge in [-0.15, -0.1) is 0 Å². The summed E-state index contributed by atoms with van der Waals surface area (Å²) in [5.74, 6) is -1.36. The molecule has 4 aromatic rings. The van der Waals surface area contributed by atoms with Gasteiger partial charge in [0.1, 0.15) is 0 Å². The van der Waals surface area contributed by atoms with Crippen molar-refractivity contribution in [3.63, 3.8) is 0 Å². The molecule has 0 bridgehead atoms. The SMILES string of the molecule is Cc1ccc2ccc(CN(C(=O)CCc3ccncc3)c3cn(C)nc3C(=O)O)cc2n1. The number of nitrogens with zero attached hydrogens (tertiary/aromatic N) is 5. The molecule has 4 rings (SSSR count). The maximum absolute atomic E-state index is 13.3. The fourth-order valence-electron chi connectivity index (χ4n) is 3.61. The fraction of sp³-hybridized carbons (Fsp3) is 0.208. The molecule has 0 unspecified atom stereocenters. The largest absolute Gasteiger partial charge is 0.476 e. The number of hydrogen-bond acceptors (Lipinski definition) is 5. The van der Waals surface area contributed by atoms with Crippen LogP contribution in [0.15, 0.2) is 61.1 Å². The molecule has 0 aliphatic rings. The van der Waals surface area contributed by atoms with Crippen LogP contribution in [0.25, 0.3) is 10.9 Å².